The third kappa shape index (κ3) is 3.05. The molecular formula is C15H30N2O. The van der Waals surface area contributed by atoms with Crippen LogP contribution >= 0.6 is 0 Å². The van der Waals surface area contributed by atoms with E-state index in [2.05, 4.69) is 44.8 Å². The number of carbonyl (C=O) groups is 1. The van der Waals surface area contributed by atoms with E-state index in [4.69, 9.17) is 0 Å². The maximum absolute atomic E-state index is 12.6. The molecule has 1 unspecified atom stereocenters. The molecule has 1 N–H and O–H groups in total. The summed E-state index contributed by atoms with van der Waals surface area (Å²) in [5.74, 6) is 0.320. The molecule has 3 nitrogen and oxygen atoms in total. The van der Waals surface area contributed by atoms with Crippen molar-refractivity contribution in [3.63, 3.8) is 0 Å². The fraction of sp³-hybridized carbons (Fsp3) is 0.933. The summed E-state index contributed by atoms with van der Waals surface area (Å²) >= 11 is 0. The molecule has 0 spiro atoms. The molecule has 0 aromatic carbocycles. The topological polar surface area (TPSA) is 32.3 Å². The largest absolute Gasteiger partial charge is 0.336 e. The van der Waals surface area contributed by atoms with Crippen LogP contribution in [0.1, 0.15) is 66.7 Å². The second-order valence-corrected chi connectivity index (χ2v) is 5.79. The predicted octanol–water partition coefficient (Wildman–Crippen LogP) is 2.94. The molecule has 0 radical (unpaired) electrons. The lowest BCUT2D eigenvalue weighted by atomic mass is 9.85. The number of amides is 1. The molecule has 18 heavy (non-hydrogen) atoms. The van der Waals surface area contributed by atoms with Crippen LogP contribution in [-0.4, -0.2) is 35.0 Å². The average Bonchev–Trinajstić information content (AvgIpc) is 2.35. The SMILES string of the molecule is CCC(CC)(CC)N1CCCC(NC(C)C)C1=O. The molecule has 0 saturated carbocycles. The Hall–Kier alpha value is -0.570. The van der Waals surface area contributed by atoms with Crippen LogP contribution in [0.3, 0.4) is 0 Å². The van der Waals surface area contributed by atoms with Crippen molar-refractivity contribution in [1.82, 2.24) is 10.2 Å². The molecule has 1 aliphatic heterocycles. The van der Waals surface area contributed by atoms with Crippen molar-refractivity contribution >= 4 is 5.91 Å². The first kappa shape index (κ1) is 15.5. The molecule has 1 aliphatic rings. The first-order valence-electron chi connectivity index (χ1n) is 7.58. The number of nitrogens with one attached hydrogen (secondary N) is 1. The number of carbonyl (C=O) groups excluding carboxylic acids is 1. The van der Waals surface area contributed by atoms with E-state index >= 15 is 0 Å². The summed E-state index contributed by atoms with van der Waals surface area (Å²) in [6.07, 6.45) is 5.28. The minimum absolute atomic E-state index is 0.0303. The van der Waals surface area contributed by atoms with Crippen molar-refractivity contribution in [2.75, 3.05) is 6.54 Å². The van der Waals surface area contributed by atoms with Crippen molar-refractivity contribution in [3.8, 4) is 0 Å². The Morgan fingerprint density at radius 1 is 1.28 bits per heavy atom. The van der Waals surface area contributed by atoms with E-state index in [1.54, 1.807) is 0 Å². The van der Waals surface area contributed by atoms with Crippen molar-refractivity contribution in [2.45, 2.75) is 84.3 Å². The Balaban J connectivity index is 2.85. The van der Waals surface area contributed by atoms with Gasteiger partial charge in [-0.05, 0) is 32.1 Å². The van der Waals surface area contributed by atoms with Gasteiger partial charge in [-0.1, -0.05) is 34.6 Å². The van der Waals surface area contributed by atoms with Gasteiger partial charge in [0.1, 0.15) is 0 Å². The number of likely N-dealkylation sites (tertiary alicyclic amines) is 1. The molecule has 0 bridgehead atoms. The molecule has 1 fully saturated rings. The van der Waals surface area contributed by atoms with Gasteiger partial charge < -0.3 is 10.2 Å². The summed E-state index contributed by atoms with van der Waals surface area (Å²) in [6.45, 7) is 11.8. The van der Waals surface area contributed by atoms with Gasteiger partial charge in [-0.2, -0.15) is 0 Å². The van der Waals surface area contributed by atoms with Crippen LogP contribution in [-0.2, 0) is 4.79 Å². The van der Waals surface area contributed by atoms with Gasteiger partial charge in [-0.3, -0.25) is 4.79 Å². The predicted molar refractivity (Wildman–Crippen MR) is 76.6 cm³/mol. The zero-order valence-electron chi connectivity index (χ0n) is 12.8. The van der Waals surface area contributed by atoms with Crippen LogP contribution in [0.2, 0.25) is 0 Å². The normalized spacial score (nSPS) is 21.8. The zero-order chi connectivity index (χ0) is 13.8. The lowest BCUT2D eigenvalue weighted by molar-refractivity contribution is -0.144. The van der Waals surface area contributed by atoms with Crippen LogP contribution in [0.25, 0.3) is 0 Å². The summed E-state index contributed by atoms with van der Waals surface area (Å²) < 4.78 is 0. The molecule has 1 rings (SSSR count). The lowest BCUT2D eigenvalue weighted by Gasteiger charge is -2.47. The first-order valence-corrected chi connectivity index (χ1v) is 7.58. The Morgan fingerprint density at radius 2 is 1.83 bits per heavy atom. The molecule has 106 valence electrons. The lowest BCUT2D eigenvalue weighted by Crippen LogP contribution is -2.60. The minimum Gasteiger partial charge on any atom is -0.336 e. The second kappa shape index (κ2) is 6.55. The second-order valence-electron chi connectivity index (χ2n) is 5.79. The Morgan fingerprint density at radius 3 is 2.28 bits per heavy atom. The van der Waals surface area contributed by atoms with E-state index in [0.29, 0.717) is 11.9 Å². The number of nitrogens with zero attached hydrogens (tertiary/aromatic N) is 1. The van der Waals surface area contributed by atoms with Gasteiger partial charge in [0.25, 0.3) is 0 Å². The molecule has 0 aliphatic carbocycles. The molecule has 1 heterocycles. The number of hydrogen-bond donors (Lipinski definition) is 1. The van der Waals surface area contributed by atoms with Gasteiger partial charge in [0.15, 0.2) is 0 Å². The van der Waals surface area contributed by atoms with E-state index in [0.717, 1.165) is 38.6 Å². The van der Waals surface area contributed by atoms with Crippen molar-refractivity contribution in [2.24, 2.45) is 0 Å². The van der Waals surface area contributed by atoms with Crippen molar-refractivity contribution in [1.29, 1.82) is 0 Å². The number of piperidine rings is 1. The van der Waals surface area contributed by atoms with Crippen molar-refractivity contribution in [3.05, 3.63) is 0 Å². The fourth-order valence-electron chi connectivity index (χ4n) is 3.23. The third-order valence-corrected chi connectivity index (χ3v) is 4.52. The van der Waals surface area contributed by atoms with Gasteiger partial charge in [-0.15, -0.1) is 0 Å². The van der Waals surface area contributed by atoms with Gasteiger partial charge in [0, 0.05) is 18.1 Å². The molecule has 1 saturated heterocycles. The smallest absolute Gasteiger partial charge is 0.240 e. The van der Waals surface area contributed by atoms with Crippen LogP contribution in [0.15, 0.2) is 0 Å². The third-order valence-electron chi connectivity index (χ3n) is 4.52. The maximum Gasteiger partial charge on any atom is 0.240 e. The Bertz CT molecular complexity index is 263. The van der Waals surface area contributed by atoms with Crippen LogP contribution in [0.5, 0.6) is 0 Å². The Labute approximate surface area is 112 Å². The first-order chi connectivity index (χ1) is 8.50. The van der Waals surface area contributed by atoms with E-state index in [9.17, 15) is 4.79 Å². The highest BCUT2D eigenvalue weighted by Crippen LogP contribution is 2.31. The highest BCUT2D eigenvalue weighted by molar-refractivity contribution is 5.83. The van der Waals surface area contributed by atoms with Crippen LogP contribution in [0, 0.1) is 0 Å². The Kier molecular flexibility index (Phi) is 5.64. The molecule has 0 aromatic heterocycles. The summed E-state index contributed by atoms with van der Waals surface area (Å²) in [5, 5.41) is 3.41. The van der Waals surface area contributed by atoms with E-state index in [1.165, 1.54) is 0 Å². The minimum atomic E-state index is 0.0303. The summed E-state index contributed by atoms with van der Waals surface area (Å²) in [6, 6.07) is 0.404. The van der Waals surface area contributed by atoms with E-state index in [-0.39, 0.29) is 11.6 Å². The summed E-state index contributed by atoms with van der Waals surface area (Å²) in [7, 11) is 0. The quantitative estimate of drug-likeness (QED) is 0.790. The highest BCUT2D eigenvalue weighted by atomic mass is 16.2. The zero-order valence-corrected chi connectivity index (χ0v) is 12.8. The fourth-order valence-corrected chi connectivity index (χ4v) is 3.23. The standard InChI is InChI=1S/C15H30N2O/c1-6-15(7-2,8-3)17-11-9-10-13(14(17)18)16-12(4)5/h12-13,16H,6-11H2,1-5H3. The summed E-state index contributed by atoms with van der Waals surface area (Å²) in [5.41, 5.74) is 0.0778. The van der Waals surface area contributed by atoms with E-state index in [1.807, 2.05) is 0 Å². The molecule has 0 aromatic rings. The monoisotopic (exact) mass is 254 g/mol. The molecule has 1 atom stereocenters. The van der Waals surface area contributed by atoms with E-state index < -0.39 is 0 Å². The summed E-state index contributed by atoms with van der Waals surface area (Å²) in [4.78, 5) is 14.8. The molecule has 3 heteroatoms. The van der Waals surface area contributed by atoms with Crippen LogP contribution < -0.4 is 5.32 Å². The van der Waals surface area contributed by atoms with Gasteiger partial charge in [-0.25, -0.2) is 0 Å². The van der Waals surface area contributed by atoms with Gasteiger partial charge >= 0.3 is 0 Å². The highest BCUT2D eigenvalue weighted by Gasteiger charge is 2.40. The van der Waals surface area contributed by atoms with Crippen molar-refractivity contribution < 1.29 is 4.79 Å². The van der Waals surface area contributed by atoms with Gasteiger partial charge in [0.2, 0.25) is 5.91 Å². The molecule has 1 amide bonds. The molecular weight excluding hydrogens is 224 g/mol. The number of hydrogen-bond acceptors (Lipinski definition) is 2. The van der Waals surface area contributed by atoms with Gasteiger partial charge in [0.05, 0.1) is 6.04 Å². The van der Waals surface area contributed by atoms with Crippen LogP contribution in [0.4, 0.5) is 0 Å². The average molecular weight is 254 g/mol. The number of rotatable bonds is 6. The maximum atomic E-state index is 12.6.